The largest absolute Gasteiger partial charge is 0.396 e. The zero-order valence-electron chi connectivity index (χ0n) is 12.1. The Kier molecular flexibility index (Phi) is 4.83. The molecule has 4 nitrogen and oxygen atoms in total. The molecule has 1 saturated heterocycles. The standard InChI is InChI=1S/C15H23NO3S/c1-12(2)14-4-3-5-15(10-14)20(18,19)16-8-6-13(11-17)7-9-16/h3-5,10,12-13,17H,6-9,11H2,1-2H3. The van der Waals surface area contributed by atoms with Gasteiger partial charge in [-0.1, -0.05) is 26.0 Å². The Morgan fingerprint density at radius 1 is 1.30 bits per heavy atom. The number of hydrogen-bond donors (Lipinski definition) is 1. The minimum atomic E-state index is -3.40. The van der Waals surface area contributed by atoms with Gasteiger partial charge in [-0.25, -0.2) is 8.42 Å². The van der Waals surface area contributed by atoms with Crippen LogP contribution in [0.3, 0.4) is 0 Å². The van der Waals surface area contributed by atoms with Crippen LogP contribution in [0.2, 0.25) is 0 Å². The van der Waals surface area contributed by atoms with Crippen molar-refractivity contribution >= 4 is 10.0 Å². The third-order valence-electron chi connectivity index (χ3n) is 3.99. The first kappa shape index (κ1) is 15.5. The van der Waals surface area contributed by atoms with Crippen molar-refractivity contribution in [1.29, 1.82) is 0 Å². The van der Waals surface area contributed by atoms with Gasteiger partial charge in [-0.3, -0.25) is 0 Å². The number of aliphatic hydroxyl groups excluding tert-OH is 1. The molecule has 0 atom stereocenters. The number of piperidine rings is 1. The lowest BCUT2D eigenvalue weighted by Gasteiger charge is -2.30. The quantitative estimate of drug-likeness (QED) is 0.927. The maximum atomic E-state index is 12.6. The average Bonchev–Trinajstić information content (AvgIpc) is 2.47. The van der Waals surface area contributed by atoms with Gasteiger partial charge in [-0.05, 0) is 42.4 Å². The topological polar surface area (TPSA) is 57.6 Å². The van der Waals surface area contributed by atoms with Crippen LogP contribution in [-0.4, -0.2) is 37.5 Å². The van der Waals surface area contributed by atoms with Crippen molar-refractivity contribution in [3.05, 3.63) is 29.8 Å². The second-order valence-corrected chi connectivity index (χ2v) is 7.70. The lowest BCUT2D eigenvalue weighted by molar-refractivity contribution is 0.170. The van der Waals surface area contributed by atoms with E-state index >= 15 is 0 Å². The molecule has 1 aromatic rings. The molecule has 5 heteroatoms. The van der Waals surface area contributed by atoms with Crippen LogP contribution >= 0.6 is 0 Å². The number of benzene rings is 1. The molecule has 2 rings (SSSR count). The van der Waals surface area contributed by atoms with E-state index in [-0.39, 0.29) is 12.5 Å². The zero-order chi connectivity index (χ0) is 14.8. The van der Waals surface area contributed by atoms with Crippen LogP contribution in [0.15, 0.2) is 29.2 Å². The van der Waals surface area contributed by atoms with E-state index in [0.717, 1.165) is 18.4 Å². The van der Waals surface area contributed by atoms with Crippen LogP contribution in [0.4, 0.5) is 0 Å². The van der Waals surface area contributed by atoms with Gasteiger partial charge < -0.3 is 5.11 Å². The molecule has 20 heavy (non-hydrogen) atoms. The number of nitrogens with zero attached hydrogens (tertiary/aromatic N) is 1. The van der Waals surface area contributed by atoms with Crippen molar-refractivity contribution in [2.24, 2.45) is 5.92 Å². The number of hydrogen-bond acceptors (Lipinski definition) is 3. The van der Waals surface area contributed by atoms with Crippen LogP contribution in [0, 0.1) is 5.92 Å². The van der Waals surface area contributed by atoms with Crippen LogP contribution < -0.4 is 0 Å². The van der Waals surface area contributed by atoms with Gasteiger partial charge in [0, 0.05) is 19.7 Å². The molecule has 1 aliphatic rings. The fourth-order valence-electron chi connectivity index (χ4n) is 2.52. The Balaban J connectivity index is 2.20. The number of sulfonamides is 1. The molecule has 0 radical (unpaired) electrons. The highest BCUT2D eigenvalue weighted by Crippen LogP contribution is 2.25. The van der Waals surface area contributed by atoms with E-state index < -0.39 is 10.0 Å². The Hall–Kier alpha value is -0.910. The first-order valence-corrected chi connectivity index (χ1v) is 8.60. The minimum absolute atomic E-state index is 0.150. The minimum Gasteiger partial charge on any atom is -0.396 e. The van der Waals surface area contributed by atoms with E-state index in [1.54, 1.807) is 16.4 Å². The van der Waals surface area contributed by atoms with E-state index in [4.69, 9.17) is 5.11 Å². The molecule has 0 bridgehead atoms. The van der Waals surface area contributed by atoms with Gasteiger partial charge in [0.25, 0.3) is 0 Å². The van der Waals surface area contributed by atoms with Crippen molar-refractivity contribution in [2.45, 2.75) is 37.5 Å². The summed E-state index contributed by atoms with van der Waals surface area (Å²) in [7, 11) is -3.40. The average molecular weight is 297 g/mol. The maximum Gasteiger partial charge on any atom is 0.243 e. The smallest absolute Gasteiger partial charge is 0.243 e. The van der Waals surface area contributed by atoms with E-state index in [0.29, 0.717) is 23.9 Å². The molecule has 0 saturated carbocycles. The summed E-state index contributed by atoms with van der Waals surface area (Å²) < 4.78 is 26.8. The monoisotopic (exact) mass is 297 g/mol. The van der Waals surface area contributed by atoms with Gasteiger partial charge in [0.2, 0.25) is 10.0 Å². The molecule has 1 aliphatic heterocycles. The zero-order valence-corrected chi connectivity index (χ0v) is 12.9. The lowest BCUT2D eigenvalue weighted by atomic mass is 10.00. The van der Waals surface area contributed by atoms with Crippen molar-refractivity contribution in [3.63, 3.8) is 0 Å². The third kappa shape index (κ3) is 3.22. The normalized spacial score (nSPS) is 18.6. The molecule has 0 unspecified atom stereocenters. The second kappa shape index (κ2) is 6.24. The highest BCUT2D eigenvalue weighted by atomic mass is 32.2. The van der Waals surface area contributed by atoms with Gasteiger partial charge in [-0.2, -0.15) is 4.31 Å². The van der Waals surface area contributed by atoms with E-state index in [1.807, 2.05) is 12.1 Å². The van der Waals surface area contributed by atoms with E-state index in [9.17, 15) is 8.42 Å². The van der Waals surface area contributed by atoms with Crippen LogP contribution in [-0.2, 0) is 10.0 Å². The maximum absolute atomic E-state index is 12.6. The summed E-state index contributed by atoms with van der Waals surface area (Å²) in [6, 6.07) is 7.21. The van der Waals surface area contributed by atoms with Gasteiger partial charge in [0.05, 0.1) is 4.90 Å². The molecular formula is C15H23NO3S. The highest BCUT2D eigenvalue weighted by Gasteiger charge is 2.29. The second-order valence-electron chi connectivity index (χ2n) is 5.76. The van der Waals surface area contributed by atoms with Gasteiger partial charge >= 0.3 is 0 Å². The molecule has 1 N–H and O–H groups in total. The van der Waals surface area contributed by atoms with Gasteiger partial charge in [0.15, 0.2) is 0 Å². The summed E-state index contributed by atoms with van der Waals surface area (Å²) in [6.45, 7) is 5.26. The Morgan fingerprint density at radius 2 is 1.95 bits per heavy atom. The molecular weight excluding hydrogens is 274 g/mol. The number of aliphatic hydroxyl groups is 1. The Labute approximate surface area is 121 Å². The predicted octanol–water partition coefficient (Wildman–Crippen LogP) is 2.20. The summed E-state index contributed by atoms with van der Waals surface area (Å²) in [6.07, 6.45) is 1.47. The van der Waals surface area contributed by atoms with Crippen molar-refractivity contribution in [3.8, 4) is 0 Å². The lowest BCUT2D eigenvalue weighted by Crippen LogP contribution is -2.39. The molecule has 1 heterocycles. The van der Waals surface area contributed by atoms with Crippen LogP contribution in [0.25, 0.3) is 0 Å². The Morgan fingerprint density at radius 3 is 2.50 bits per heavy atom. The summed E-state index contributed by atoms with van der Waals surface area (Å²) in [5.74, 6) is 0.550. The van der Waals surface area contributed by atoms with Crippen molar-refractivity contribution in [2.75, 3.05) is 19.7 Å². The molecule has 1 fully saturated rings. The van der Waals surface area contributed by atoms with Crippen LogP contribution in [0.1, 0.15) is 38.2 Å². The molecule has 0 spiro atoms. The fourth-order valence-corrected chi connectivity index (χ4v) is 4.04. The predicted molar refractivity (Wildman–Crippen MR) is 79.1 cm³/mol. The summed E-state index contributed by atoms with van der Waals surface area (Å²) in [5, 5.41) is 9.13. The SMILES string of the molecule is CC(C)c1cccc(S(=O)(=O)N2CCC(CO)CC2)c1. The first-order chi connectivity index (χ1) is 9.45. The van der Waals surface area contributed by atoms with E-state index in [1.165, 1.54) is 0 Å². The molecule has 1 aromatic carbocycles. The van der Waals surface area contributed by atoms with Gasteiger partial charge in [0.1, 0.15) is 0 Å². The van der Waals surface area contributed by atoms with Crippen molar-refractivity contribution < 1.29 is 13.5 Å². The molecule has 112 valence electrons. The van der Waals surface area contributed by atoms with Gasteiger partial charge in [-0.15, -0.1) is 0 Å². The molecule has 0 amide bonds. The molecule has 0 aromatic heterocycles. The summed E-state index contributed by atoms with van der Waals surface area (Å²) in [5.41, 5.74) is 1.04. The Bertz CT molecular complexity index is 546. The van der Waals surface area contributed by atoms with Crippen molar-refractivity contribution in [1.82, 2.24) is 4.31 Å². The fraction of sp³-hybridized carbons (Fsp3) is 0.600. The number of rotatable bonds is 4. The first-order valence-electron chi connectivity index (χ1n) is 7.16. The molecule has 0 aliphatic carbocycles. The van der Waals surface area contributed by atoms with E-state index in [2.05, 4.69) is 13.8 Å². The third-order valence-corrected chi connectivity index (χ3v) is 5.89. The summed E-state index contributed by atoms with van der Waals surface area (Å²) >= 11 is 0. The highest BCUT2D eigenvalue weighted by molar-refractivity contribution is 7.89. The summed E-state index contributed by atoms with van der Waals surface area (Å²) in [4.78, 5) is 0.381. The van der Waals surface area contributed by atoms with Crippen LogP contribution in [0.5, 0.6) is 0 Å².